The van der Waals surface area contributed by atoms with E-state index in [0.717, 1.165) is 6.07 Å². The number of carboxylic acids is 1. The lowest BCUT2D eigenvalue weighted by Gasteiger charge is -2.27. The largest absolute Gasteiger partial charge is 0.492 e. The molecule has 0 saturated heterocycles. The van der Waals surface area contributed by atoms with Crippen molar-refractivity contribution in [1.29, 1.82) is 0 Å². The van der Waals surface area contributed by atoms with Crippen LogP contribution in [-0.4, -0.2) is 42.1 Å². The average Bonchev–Trinajstić information content (AvgIpc) is 2.95. The summed E-state index contributed by atoms with van der Waals surface area (Å²) in [4.78, 5) is 13.5. The maximum atomic E-state index is 13.9. The van der Waals surface area contributed by atoms with Crippen LogP contribution in [-0.2, 0) is 11.0 Å². The van der Waals surface area contributed by atoms with Gasteiger partial charge >= 0.3 is 12.1 Å². The standard InChI is InChI=1S/C21H22F4N2O3S.C4H10/c1-20(2,19(28)29)12-30-17-11-18-16(10-15(17)21(23,24)25)27(9-8-26(3)31-18)14-6-4-13(22)5-7-14;1-3-4-2/h4-7,10-11H,8-9,12H2,1-3H3,(H,28,29);3-4H2,1-2H3. The van der Waals surface area contributed by atoms with Gasteiger partial charge in [-0.2, -0.15) is 13.2 Å². The van der Waals surface area contributed by atoms with Gasteiger partial charge in [-0.25, -0.2) is 8.70 Å². The number of fused-ring (bicyclic) bond motifs is 1. The summed E-state index contributed by atoms with van der Waals surface area (Å²) >= 11 is 1.26. The van der Waals surface area contributed by atoms with Crippen LogP contribution in [0, 0.1) is 11.2 Å². The van der Waals surface area contributed by atoms with E-state index >= 15 is 0 Å². The molecule has 2 aromatic carbocycles. The third-order valence-corrected chi connectivity index (χ3v) is 6.37. The Morgan fingerprint density at radius 3 is 2.20 bits per heavy atom. The second kappa shape index (κ2) is 12.0. The number of unbranched alkanes of at least 4 members (excludes halogenated alkanes) is 1. The number of hydrogen-bond acceptors (Lipinski definition) is 5. The predicted octanol–water partition coefficient (Wildman–Crippen LogP) is 7.23. The molecule has 1 aliphatic heterocycles. The Hall–Kier alpha value is -2.46. The molecule has 0 spiro atoms. The zero-order valence-electron chi connectivity index (χ0n) is 20.6. The third-order valence-electron chi connectivity index (χ3n) is 5.36. The van der Waals surface area contributed by atoms with E-state index in [1.165, 1.54) is 69.0 Å². The van der Waals surface area contributed by atoms with E-state index < -0.39 is 41.3 Å². The van der Waals surface area contributed by atoms with Crippen LogP contribution >= 0.6 is 11.9 Å². The van der Waals surface area contributed by atoms with E-state index in [1.807, 2.05) is 11.4 Å². The Morgan fingerprint density at radius 1 is 1.09 bits per heavy atom. The van der Waals surface area contributed by atoms with Crippen molar-refractivity contribution in [3.05, 3.63) is 47.8 Å². The van der Waals surface area contributed by atoms with Gasteiger partial charge in [0.05, 0.1) is 21.6 Å². The van der Waals surface area contributed by atoms with Crippen LogP contribution in [0.1, 0.15) is 46.1 Å². The number of hydrogen-bond donors (Lipinski definition) is 1. The van der Waals surface area contributed by atoms with Gasteiger partial charge in [0.2, 0.25) is 0 Å². The van der Waals surface area contributed by atoms with E-state index in [9.17, 15) is 27.5 Å². The molecule has 0 radical (unpaired) electrons. The number of alkyl halides is 3. The predicted molar refractivity (Wildman–Crippen MR) is 131 cm³/mol. The zero-order chi connectivity index (χ0) is 26.4. The Balaban J connectivity index is 0.00000100. The minimum absolute atomic E-state index is 0.318. The number of anilines is 2. The molecule has 0 fully saturated rings. The van der Waals surface area contributed by atoms with Crippen LogP contribution in [0.2, 0.25) is 0 Å². The maximum Gasteiger partial charge on any atom is 0.420 e. The Bertz CT molecular complexity index is 995. The van der Waals surface area contributed by atoms with Crippen molar-refractivity contribution in [2.75, 3.05) is 31.6 Å². The summed E-state index contributed by atoms with van der Waals surface area (Å²) in [5.41, 5.74) is -1.48. The van der Waals surface area contributed by atoms with Gasteiger partial charge in [0.25, 0.3) is 0 Å². The van der Waals surface area contributed by atoms with Crippen LogP contribution in [0.5, 0.6) is 5.75 Å². The molecule has 2 aromatic rings. The van der Waals surface area contributed by atoms with Gasteiger partial charge in [0.15, 0.2) is 0 Å². The van der Waals surface area contributed by atoms with Gasteiger partial charge in [0, 0.05) is 18.8 Å². The number of halogens is 4. The Morgan fingerprint density at radius 2 is 1.69 bits per heavy atom. The number of aliphatic carboxylic acids is 1. The lowest BCUT2D eigenvalue weighted by atomic mass is 9.95. The second-order valence-corrected chi connectivity index (χ2v) is 10.1. The van der Waals surface area contributed by atoms with Gasteiger partial charge in [-0.1, -0.05) is 26.7 Å². The highest BCUT2D eigenvalue weighted by Crippen LogP contribution is 2.46. The Kier molecular flexibility index (Phi) is 9.85. The maximum absolute atomic E-state index is 13.9. The first-order valence-electron chi connectivity index (χ1n) is 11.3. The van der Waals surface area contributed by atoms with Gasteiger partial charge in [0.1, 0.15) is 18.2 Å². The van der Waals surface area contributed by atoms with E-state index in [0.29, 0.717) is 29.4 Å². The van der Waals surface area contributed by atoms with Crippen molar-refractivity contribution in [2.24, 2.45) is 5.41 Å². The monoisotopic (exact) mass is 516 g/mol. The van der Waals surface area contributed by atoms with Crippen LogP contribution < -0.4 is 9.64 Å². The highest BCUT2D eigenvalue weighted by atomic mass is 32.2. The molecule has 3 rings (SSSR count). The molecule has 10 heteroatoms. The first-order chi connectivity index (χ1) is 16.3. The molecular formula is C25H32F4N2O3S. The molecule has 0 aromatic heterocycles. The number of benzene rings is 2. The highest BCUT2D eigenvalue weighted by molar-refractivity contribution is 7.97. The fraction of sp³-hybridized carbons (Fsp3) is 0.480. The molecule has 0 bridgehead atoms. The normalized spacial score (nSPS) is 14.5. The molecule has 0 saturated carbocycles. The summed E-state index contributed by atoms with van der Waals surface area (Å²) in [6.07, 6.45) is -2.07. The molecule has 5 nitrogen and oxygen atoms in total. The van der Waals surface area contributed by atoms with E-state index in [1.54, 1.807) is 4.90 Å². The van der Waals surface area contributed by atoms with Crippen molar-refractivity contribution in [3.63, 3.8) is 0 Å². The minimum Gasteiger partial charge on any atom is -0.492 e. The molecule has 0 amide bonds. The molecular weight excluding hydrogens is 484 g/mol. The summed E-state index contributed by atoms with van der Waals surface area (Å²) in [6, 6.07) is 7.84. The van der Waals surface area contributed by atoms with Crippen LogP contribution in [0.15, 0.2) is 41.3 Å². The number of carboxylic acid groups (broad SMARTS) is 1. The van der Waals surface area contributed by atoms with Gasteiger partial charge in [-0.3, -0.25) is 4.79 Å². The molecule has 35 heavy (non-hydrogen) atoms. The molecule has 1 N–H and O–H groups in total. The van der Waals surface area contributed by atoms with Crippen molar-refractivity contribution < 1.29 is 32.2 Å². The van der Waals surface area contributed by atoms with Crippen molar-refractivity contribution in [2.45, 2.75) is 51.6 Å². The molecule has 0 unspecified atom stereocenters. The van der Waals surface area contributed by atoms with Crippen LogP contribution in [0.4, 0.5) is 28.9 Å². The average molecular weight is 517 g/mol. The smallest absolute Gasteiger partial charge is 0.420 e. The van der Waals surface area contributed by atoms with Crippen molar-refractivity contribution in [1.82, 2.24) is 4.31 Å². The summed E-state index contributed by atoms with van der Waals surface area (Å²) in [6.45, 7) is 7.63. The molecule has 1 heterocycles. The first kappa shape index (κ1) is 28.8. The quantitative estimate of drug-likeness (QED) is 0.323. The summed E-state index contributed by atoms with van der Waals surface area (Å²) in [5.74, 6) is -2.04. The number of carbonyl (C=O) groups is 1. The molecule has 1 aliphatic rings. The SMILES string of the molecule is CCCC.CN1CCN(c2ccc(F)cc2)c2cc(C(F)(F)F)c(OCC(C)(C)C(=O)O)cc2S1. The van der Waals surface area contributed by atoms with E-state index in [-0.39, 0.29) is 0 Å². The summed E-state index contributed by atoms with van der Waals surface area (Å²) in [7, 11) is 1.81. The molecule has 0 atom stereocenters. The van der Waals surface area contributed by atoms with Gasteiger partial charge in [-0.05, 0) is 69.2 Å². The van der Waals surface area contributed by atoms with Gasteiger partial charge in [-0.15, -0.1) is 0 Å². The first-order valence-corrected chi connectivity index (χ1v) is 12.1. The zero-order valence-corrected chi connectivity index (χ0v) is 21.4. The number of ether oxygens (including phenoxy) is 1. The third kappa shape index (κ3) is 7.76. The van der Waals surface area contributed by atoms with Gasteiger partial charge < -0.3 is 14.7 Å². The second-order valence-electron chi connectivity index (χ2n) is 8.86. The van der Waals surface area contributed by atoms with Crippen LogP contribution in [0.25, 0.3) is 0 Å². The van der Waals surface area contributed by atoms with Crippen molar-refractivity contribution in [3.8, 4) is 5.75 Å². The lowest BCUT2D eigenvalue weighted by Crippen LogP contribution is -2.31. The van der Waals surface area contributed by atoms with Crippen molar-refractivity contribution >= 4 is 29.3 Å². The minimum atomic E-state index is -4.71. The van der Waals surface area contributed by atoms with E-state index in [4.69, 9.17) is 4.74 Å². The van der Waals surface area contributed by atoms with E-state index in [2.05, 4.69) is 13.8 Å². The number of nitrogens with zero attached hydrogens (tertiary/aromatic N) is 2. The highest BCUT2D eigenvalue weighted by Gasteiger charge is 2.38. The summed E-state index contributed by atoms with van der Waals surface area (Å²) in [5, 5.41) is 9.25. The molecule has 194 valence electrons. The lowest BCUT2D eigenvalue weighted by molar-refractivity contribution is -0.148. The topological polar surface area (TPSA) is 53.0 Å². The van der Waals surface area contributed by atoms with Crippen LogP contribution in [0.3, 0.4) is 0 Å². The number of rotatable bonds is 6. The Labute approximate surface area is 208 Å². The fourth-order valence-electron chi connectivity index (χ4n) is 2.96. The fourth-order valence-corrected chi connectivity index (χ4v) is 3.89. The number of likely N-dealkylation sites (N-methyl/N-ethyl adjacent to an activating group) is 1. The molecule has 0 aliphatic carbocycles. The summed E-state index contributed by atoms with van der Waals surface area (Å²) < 4.78 is 62.3.